The molecule has 5 rings (SSSR count). The summed E-state index contributed by atoms with van der Waals surface area (Å²) in [7, 11) is 0. The highest BCUT2D eigenvalue weighted by molar-refractivity contribution is 6.28. The number of nitrogens with one attached hydrogen (secondary N) is 4. The van der Waals surface area contributed by atoms with Crippen molar-refractivity contribution in [2.45, 2.75) is 19.3 Å². The lowest BCUT2D eigenvalue weighted by Gasteiger charge is -2.29. The average Bonchev–Trinajstić information content (AvgIpc) is 3.44. The Bertz CT molecular complexity index is 1090. The maximum Gasteiger partial charge on any atom is 0.275 e. The van der Waals surface area contributed by atoms with E-state index in [2.05, 4.69) is 41.0 Å². The SMILES string of the molecule is O=C(Nc1ccc(N2CCNCC2)cc1)c1[nH]ncc1Nc1nc(Cl)nc2c1CCC2. The van der Waals surface area contributed by atoms with Crippen LogP contribution < -0.4 is 20.9 Å². The molecule has 1 amide bonds. The summed E-state index contributed by atoms with van der Waals surface area (Å²) < 4.78 is 0. The number of fused-ring (bicyclic) bond motifs is 1. The zero-order valence-electron chi connectivity index (χ0n) is 16.9. The monoisotopic (exact) mass is 438 g/mol. The number of aromatic amines is 1. The van der Waals surface area contributed by atoms with Gasteiger partial charge >= 0.3 is 0 Å². The lowest BCUT2D eigenvalue weighted by atomic mass is 10.2. The van der Waals surface area contributed by atoms with E-state index in [1.54, 1.807) is 6.20 Å². The Labute approximate surface area is 184 Å². The summed E-state index contributed by atoms with van der Waals surface area (Å²) in [6, 6.07) is 7.88. The Morgan fingerprint density at radius 1 is 1.10 bits per heavy atom. The first-order valence-corrected chi connectivity index (χ1v) is 10.8. The summed E-state index contributed by atoms with van der Waals surface area (Å²) in [6.07, 6.45) is 4.35. The van der Waals surface area contributed by atoms with Crippen LogP contribution in [0.1, 0.15) is 28.2 Å². The van der Waals surface area contributed by atoms with Crippen molar-refractivity contribution < 1.29 is 4.79 Å². The maximum absolute atomic E-state index is 12.9. The van der Waals surface area contributed by atoms with Crippen LogP contribution in [0, 0.1) is 0 Å². The number of rotatable bonds is 5. The number of halogens is 1. The van der Waals surface area contributed by atoms with Gasteiger partial charge in [-0.1, -0.05) is 0 Å². The second kappa shape index (κ2) is 8.52. The molecule has 2 aromatic heterocycles. The molecule has 1 saturated heterocycles. The molecule has 10 heteroatoms. The Morgan fingerprint density at radius 2 is 1.90 bits per heavy atom. The fourth-order valence-electron chi connectivity index (χ4n) is 4.06. The van der Waals surface area contributed by atoms with Crippen molar-refractivity contribution in [2.24, 2.45) is 0 Å². The number of nitrogens with zero attached hydrogens (tertiary/aromatic N) is 4. The van der Waals surface area contributed by atoms with Gasteiger partial charge in [-0.05, 0) is 55.1 Å². The number of aryl methyl sites for hydroxylation is 1. The van der Waals surface area contributed by atoms with Gasteiger partial charge in [0.15, 0.2) is 0 Å². The summed E-state index contributed by atoms with van der Waals surface area (Å²) >= 11 is 6.08. The quantitative estimate of drug-likeness (QED) is 0.453. The molecule has 1 fully saturated rings. The second-order valence-electron chi connectivity index (χ2n) is 7.64. The van der Waals surface area contributed by atoms with E-state index in [4.69, 9.17) is 11.6 Å². The lowest BCUT2D eigenvalue weighted by molar-refractivity contribution is 0.102. The van der Waals surface area contributed by atoms with E-state index >= 15 is 0 Å². The maximum atomic E-state index is 12.9. The van der Waals surface area contributed by atoms with Gasteiger partial charge in [0.05, 0.1) is 17.6 Å². The van der Waals surface area contributed by atoms with E-state index in [-0.39, 0.29) is 11.2 Å². The van der Waals surface area contributed by atoms with Crippen LogP contribution in [0.4, 0.5) is 22.9 Å². The second-order valence-corrected chi connectivity index (χ2v) is 7.98. The number of piperazine rings is 1. The third-order valence-electron chi connectivity index (χ3n) is 5.63. The summed E-state index contributed by atoms with van der Waals surface area (Å²) in [5.41, 5.74) is 4.74. The number of benzene rings is 1. The van der Waals surface area contributed by atoms with Crippen LogP contribution in [0.5, 0.6) is 0 Å². The molecule has 31 heavy (non-hydrogen) atoms. The predicted molar refractivity (Wildman–Crippen MR) is 120 cm³/mol. The van der Waals surface area contributed by atoms with E-state index in [0.717, 1.165) is 68.1 Å². The van der Waals surface area contributed by atoms with Crippen LogP contribution >= 0.6 is 11.6 Å². The minimum absolute atomic E-state index is 0.197. The minimum Gasteiger partial charge on any atom is -0.369 e. The minimum atomic E-state index is -0.285. The molecular formula is C21H23ClN8O. The molecule has 1 aliphatic heterocycles. The zero-order chi connectivity index (χ0) is 21.2. The first-order chi connectivity index (χ1) is 15.2. The van der Waals surface area contributed by atoms with Gasteiger partial charge in [0.2, 0.25) is 5.28 Å². The van der Waals surface area contributed by atoms with Crippen molar-refractivity contribution in [1.29, 1.82) is 0 Å². The number of carbonyl (C=O) groups is 1. The normalized spacial score (nSPS) is 15.6. The smallest absolute Gasteiger partial charge is 0.275 e. The molecule has 1 aromatic carbocycles. The molecule has 4 N–H and O–H groups in total. The highest BCUT2D eigenvalue weighted by Crippen LogP contribution is 2.30. The molecule has 0 saturated carbocycles. The van der Waals surface area contributed by atoms with Crippen LogP contribution in [-0.4, -0.2) is 52.3 Å². The van der Waals surface area contributed by atoms with Crippen molar-refractivity contribution in [3.05, 3.63) is 52.7 Å². The van der Waals surface area contributed by atoms with Gasteiger partial charge in [-0.15, -0.1) is 0 Å². The molecule has 2 aliphatic rings. The molecule has 0 atom stereocenters. The number of hydrogen-bond acceptors (Lipinski definition) is 7. The van der Waals surface area contributed by atoms with Gasteiger partial charge in [-0.25, -0.2) is 9.97 Å². The van der Waals surface area contributed by atoms with Crippen molar-refractivity contribution in [3.63, 3.8) is 0 Å². The molecule has 1 aliphatic carbocycles. The third kappa shape index (κ3) is 4.19. The first-order valence-electron chi connectivity index (χ1n) is 10.4. The van der Waals surface area contributed by atoms with Crippen LogP contribution in [0.15, 0.2) is 30.5 Å². The van der Waals surface area contributed by atoms with Crippen LogP contribution in [-0.2, 0) is 12.8 Å². The largest absolute Gasteiger partial charge is 0.369 e. The molecule has 160 valence electrons. The van der Waals surface area contributed by atoms with Crippen LogP contribution in [0.25, 0.3) is 0 Å². The van der Waals surface area contributed by atoms with Gasteiger partial charge in [-0.3, -0.25) is 9.89 Å². The first kappa shape index (κ1) is 19.8. The fraction of sp³-hybridized carbons (Fsp3) is 0.333. The van der Waals surface area contributed by atoms with E-state index in [0.29, 0.717) is 17.2 Å². The van der Waals surface area contributed by atoms with E-state index in [1.165, 1.54) is 0 Å². The zero-order valence-corrected chi connectivity index (χ0v) is 17.7. The van der Waals surface area contributed by atoms with Gasteiger partial charge in [0, 0.05) is 43.1 Å². The number of aromatic nitrogens is 4. The predicted octanol–water partition coefficient (Wildman–Crippen LogP) is 2.75. The van der Waals surface area contributed by atoms with Crippen molar-refractivity contribution in [2.75, 3.05) is 41.7 Å². The highest BCUT2D eigenvalue weighted by Gasteiger charge is 2.21. The summed E-state index contributed by atoms with van der Waals surface area (Å²) in [5, 5.41) is 16.5. The van der Waals surface area contributed by atoms with Gasteiger partial charge in [0.1, 0.15) is 11.5 Å². The Hall–Kier alpha value is -3.17. The topological polar surface area (TPSA) is 111 Å². The summed E-state index contributed by atoms with van der Waals surface area (Å²) in [4.78, 5) is 23.8. The summed E-state index contributed by atoms with van der Waals surface area (Å²) in [5.74, 6) is 0.343. The van der Waals surface area contributed by atoms with Crippen LogP contribution in [0.3, 0.4) is 0 Å². The molecule has 0 unspecified atom stereocenters. The fourth-order valence-corrected chi connectivity index (χ4v) is 4.25. The molecular weight excluding hydrogens is 416 g/mol. The number of carbonyl (C=O) groups excluding carboxylic acids is 1. The molecule has 0 radical (unpaired) electrons. The number of anilines is 4. The highest BCUT2D eigenvalue weighted by atomic mass is 35.5. The molecule has 0 spiro atoms. The van der Waals surface area contributed by atoms with Crippen molar-refractivity contribution in [3.8, 4) is 0 Å². The van der Waals surface area contributed by atoms with Crippen LogP contribution in [0.2, 0.25) is 5.28 Å². The molecule has 3 aromatic rings. The summed E-state index contributed by atoms with van der Waals surface area (Å²) in [6.45, 7) is 3.92. The Balaban J connectivity index is 1.30. The van der Waals surface area contributed by atoms with E-state index < -0.39 is 0 Å². The van der Waals surface area contributed by atoms with Gasteiger partial charge in [0.25, 0.3) is 5.91 Å². The number of amides is 1. The Morgan fingerprint density at radius 3 is 2.71 bits per heavy atom. The number of hydrogen-bond donors (Lipinski definition) is 4. The average molecular weight is 439 g/mol. The lowest BCUT2D eigenvalue weighted by Crippen LogP contribution is -2.43. The van der Waals surface area contributed by atoms with Gasteiger partial charge in [-0.2, -0.15) is 5.10 Å². The van der Waals surface area contributed by atoms with Gasteiger partial charge < -0.3 is 20.9 Å². The van der Waals surface area contributed by atoms with E-state index in [1.807, 2.05) is 24.3 Å². The number of H-pyrrole nitrogens is 1. The molecule has 3 heterocycles. The van der Waals surface area contributed by atoms with Crippen molar-refractivity contribution in [1.82, 2.24) is 25.5 Å². The standard InChI is InChI=1S/C21H23ClN8O/c22-21-27-16-3-1-2-15(16)19(28-21)26-17-12-24-29-18(17)20(31)25-13-4-6-14(7-5-13)30-10-8-23-9-11-30/h4-7,12,23H,1-3,8-11H2,(H,24,29)(H,25,31)(H,26,27,28). The molecule has 9 nitrogen and oxygen atoms in total. The molecule has 0 bridgehead atoms. The third-order valence-corrected chi connectivity index (χ3v) is 5.80. The van der Waals surface area contributed by atoms with Crippen molar-refractivity contribution >= 4 is 40.4 Å². The Kier molecular flexibility index (Phi) is 5.44. The van der Waals surface area contributed by atoms with E-state index in [9.17, 15) is 4.79 Å².